The fraction of sp³-hybridized carbons (Fsp3) is 1.00. The molecule has 0 bridgehead atoms. The topological polar surface area (TPSA) is 9.23 Å². The van der Waals surface area contributed by atoms with Crippen LogP contribution in [0.5, 0.6) is 0 Å². The Balaban J connectivity index is 3.57. The number of rotatable bonds is 8. The van der Waals surface area contributed by atoms with Crippen molar-refractivity contribution in [2.24, 2.45) is 5.41 Å². The standard InChI is InChI=1S/C13H30OS/c1-7-8-9-13(2,3)12-14-10-11-15(4,5)6/h7-12H2,1-6H3. The van der Waals surface area contributed by atoms with Gasteiger partial charge < -0.3 is 4.74 Å². The first-order chi connectivity index (χ1) is 6.77. The van der Waals surface area contributed by atoms with Crippen LogP contribution in [0.3, 0.4) is 0 Å². The van der Waals surface area contributed by atoms with Crippen LogP contribution in [0.15, 0.2) is 0 Å². The number of ether oxygens (including phenoxy) is 1. The molecule has 15 heavy (non-hydrogen) atoms. The monoisotopic (exact) mass is 234 g/mol. The normalized spacial score (nSPS) is 14.3. The lowest BCUT2D eigenvalue weighted by Crippen LogP contribution is -2.21. The van der Waals surface area contributed by atoms with Gasteiger partial charge in [-0.1, -0.05) is 33.6 Å². The van der Waals surface area contributed by atoms with Crippen LogP contribution in [-0.2, 0) is 4.74 Å². The van der Waals surface area contributed by atoms with E-state index in [-0.39, 0.29) is 10.0 Å². The zero-order valence-electron chi connectivity index (χ0n) is 11.6. The van der Waals surface area contributed by atoms with Crippen LogP contribution in [0.25, 0.3) is 0 Å². The average molecular weight is 234 g/mol. The smallest absolute Gasteiger partial charge is 0.0542 e. The van der Waals surface area contributed by atoms with Gasteiger partial charge in [0.2, 0.25) is 0 Å². The highest BCUT2D eigenvalue weighted by Crippen LogP contribution is 2.33. The van der Waals surface area contributed by atoms with E-state index >= 15 is 0 Å². The first kappa shape index (κ1) is 15.3. The first-order valence-corrected chi connectivity index (χ1v) is 9.03. The van der Waals surface area contributed by atoms with Gasteiger partial charge in [0.1, 0.15) is 0 Å². The molecule has 0 aliphatic rings. The van der Waals surface area contributed by atoms with Gasteiger partial charge >= 0.3 is 0 Å². The summed E-state index contributed by atoms with van der Waals surface area (Å²) in [6.07, 6.45) is 10.9. The average Bonchev–Trinajstić information content (AvgIpc) is 2.08. The van der Waals surface area contributed by atoms with Crippen molar-refractivity contribution >= 4 is 10.0 Å². The Hall–Kier alpha value is 0.310. The second-order valence-corrected chi connectivity index (χ2v) is 10.7. The molecule has 0 aliphatic carbocycles. The highest BCUT2D eigenvalue weighted by atomic mass is 32.3. The molecule has 0 aromatic carbocycles. The lowest BCUT2D eigenvalue weighted by Gasteiger charge is -2.28. The maximum atomic E-state index is 5.79. The van der Waals surface area contributed by atoms with Crippen LogP contribution >= 0.6 is 10.0 Å². The third-order valence-corrected chi connectivity index (χ3v) is 3.93. The summed E-state index contributed by atoms with van der Waals surface area (Å²) in [6, 6.07) is 0. The Morgan fingerprint density at radius 3 is 2.20 bits per heavy atom. The van der Waals surface area contributed by atoms with Gasteiger partial charge in [-0.25, -0.2) is 10.0 Å². The number of hydrogen-bond acceptors (Lipinski definition) is 1. The van der Waals surface area contributed by atoms with Crippen molar-refractivity contribution in [3.8, 4) is 0 Å². The van der Waals surface area contributed by atoms with Gasteiger partial charge in [-0.15, -0.1) is 0 Å². The molecule has 1 nitrogen and oxygen atoms in total. The predicted molar refractivity (Wildman–Crippen MR) is 74.4 cm³/mol. The molecule has 94 valence electrons. The Morgan fingerprint density at radius 1 is 1.13 bits per heavy atom. The summed E-state index contributed by atoms with van der Waals surface area (Å²) in [4.78, 5) is 0. The van der Waals surface area contributed by atoms with Gasteiger partial charge in [0.25, 0.3) is 0 Å². The van der Waals surface area contributed by atoms with E-state index in [0.717, 1.165) is 13.2 Å². The minimum atomic E-state index is -0.384. The van der Waals surface area contributed by atoms with Crippen molar-refractivity contribution in [2.75, 3.05) is 37.7 Å². The zero-order valence-corrected chi connectivity index (χ0v) is 12.4. The van der Waals surface area contributed by atoms with E-state index < -0.39 is 0 Å². The predicted octanol–water partition coefficient (Wildman–Crippen LogP) is 3.91. The van der Waals surface area contributed by atoms with Gasteiger partial charge in [0.05, 0.1) is 13.2 Å². The zero-order chi connectivity index (χ0) is 11.9. The molecule has 0 unspecified atom stereocenters. The Morgan fingerprint density at radius 2 is 1.73 bits per heavy atom. The van der Waals surface area contributed by atoms with E-state index in [1.165, 1.54) is 25.0 Å². The highest BCUT2D eigenvalue weighted by molar-refractivity contribution is 8.32. The van der Waals surface area contributed by atoms with E-state index in [4.69, 9.17) is 4.74 Å². The third kappa shape index (κ3) is 10.6. The third-order valence-electron chi connectivity index (χ3n) is 2.54. The molecule has 0 heterocycles. The highest BCUT2D eigenvalue weighted by Gasteiger charge is 2.17. The lowest BCUT2D eigenvalue weighted by molar-refractivity contribution is 0.0662. The molecular weight excluding hydrogens is 204 g/mol. The second-order valence-electron chi connectivity index (χ2n) is 6.12. The van der Waals surface area contributed by atoms with E-state index in [1.54, 1.807) is 0 Å². The second kappa shape index (κ2) is 6.80. The summed E-state index contributed by atoms with van der Waals surface area (Å²) in [6.45, 7) is 8.73. The van der Waals surface area contributed by atoms with Crippen molar-refractivity contribution in [2.45, 2.75) is 40.0 Å². The fourth-order valence-corrected chi connectivity index (χ4v) is 2.00. The minimum absolute atomic E-state index is 0.364. The van der Waals surface area contributed by atoms with Crippen LogP contribution < -0.4 is 0 Å². The Bertz CT molecular complexity index is 158. The number of unbranched alkanes of at least 4 members (excludes halogenated alkanes) is 1. The molecule has 0 aromatic rings. The van der Waals surface area contributed by atoms with Crippen molar-refractivity contribution in [1.82, 2.24) is 0 Å². The first-order valence-electron chi connectivity index (χ1n) is 6.00. The summed E-state index contributed by atoms with van der Waals surface area (Å²) < 4.78 is 5.79. The van der Waals surface area contributed by atoms with Gasteiger partial charge in [0, 0.05) is 5.75 Å². The van der Waals surface area contributed by atoms with E-state index in [9.17, 15) is 0 Å². The van der Waals surface area contributed by atoms with Crippen molar-refractivity contribution in [3.63, 3.8) is 0 Å². The maximum absolute atomic E-state index is 5.79. The molecule has 0 saturated carbocycles. The molecule has 0 saturated heterocycles. The maximum Gasteiger partial charge on any atom is 0.0542 e. The molecule has 0 aromatic heterocycles. The molecule has 0 spiro atoms. The molecule has 0 atom stereocenters. The minimum Gasteiger partial charge on any atom is -0.380 e. The van der Waals surface area contributed by atoms with E-state index in [1.807, 2.05) is 0 Å². The van der Waals surface area contributed by atoms with Crippen LogP contribution in [0.1, 0.15) is 40.0 Å². The lowest BCUT2D eigenvalue weighted by atomic mass is 9.88. The molecular formula is C13H30OS. The fourth-order valence-electron chi connectivity index (χ4n) is 1.38. The van der Waals surface area contributed by atoms with Crippen LogP contribution in [0.4, 0.5) is 0 Å². The molecule has 0 fully saturated rings. The summed E-state index contributed by atoms with van der Waals surface area (Å²) in [5.41, 5.74) is 0.364. The molecule has 0 rings (SSSR count). The van der Waals surface area contributed by atoms with Gasteiger partial charge in [-0.3, -0.25) is 0 Å². The van der Waals surface area contributed by atoms with Crippen molar-refractivity contribution < 1.29 is 4.74 Å². The summed E-state index contributed by atoms with van der Waals surface area (Å²) in [5.74, 6) is 1.23. The van der Waals surface area contributed by atoms with E-state index in [0.29, 0.717) is 5.41 Å². The summed E-state index contributed by atoms with van der Waals surface area (Å²) in [5, 5.41) is 0. The molecule has 0 aliphatic heterocycles. The Labute approximate surface area is 98.3 Å². The molecule has 2 heteroatoms. The van der Waals surface area contributed by atoms with Gasteiger partial charge in [-0.2, -0.15) is 0 Å². The van der Waals surface area contributed by atoms with Crippen molar-refractivity contribution in [1.29, 1.82) is 0 Å². The number of hydrogen-bond donors (Lipinski definition) is 0. The molecule has 0 N–H and O–H groups in total. The van der Waals surface area contributed by atoms with E-state index in [2.05, 4.69) is 39.5 Å². The summed E-state index contributed by atoms with van der Waals surface area (Å²) >= 11 is 0. The molecule has 0 radical (unpaired) electrons. The van der Waals surface area contributed by atoms with Gasteiger partial charge in [-0.05, 0) is 30.6 Å². The van der Waals surface area contributed by atoms with Crippen molar-refractivity contribution in [3.05, 3.63) is 0 Å². The van der Waals surface area contributed by atoms with Gasteiger partial charge in [0.15, 0.2) is 0 Å². The van der Waals surface area contributed by atoms with Crippen LogP contribution in [-0.4, -0.2) is 37.7 Å². The SMILES string of the molecule is CCCCC(C)(C)COCCS(C)(C)C. The molecule has 0 amide bonds. The van der Waals surface area contributed by atoms with Crippen LogP contribution in [0, 0.1) is 5.41 Å². The Kier molecular flexibility index (Phi) is 6.94. The largest absolute Gasteiger partial charge is 0.380 e. The summed E-state index contributed by atoms with van der Waals surface area (Å²) in [7, 11) is -0.384. The quantitative estimate of drug-likeness (QED) is 0.579. The van der Waals surface area contributed by atoms with Crippen LogP contribution in [0.2, 0.25) is 0 Å².